The van der Waals surface area contributed by atoms with E-state index < -0.39 is 0 Å². The van der Waals surface area contributed by atoms with Crippen LogP contribution in [0.2, 0.25) is 5.02 Å². The summed E-state index contributed by atoms with van der Waals surface area (Å²) in [7, 11) is 1.72. The Morgan fingerprint density at radius 3 is 2.41 bits per heavy atom. The van der Waals surface area contributed by atoms with E-state index in [0.29, 0.717) is 0 Å². The molecule has 142 valence electrons. The first-order chi connectivity index (χ1) is 13.0. The van der Waals surface area contributed by atoms with Crippen LogP contribution in [0.1, 0.15) is 30.0 Å². The van der Waals surface area contributed by atoms with Crippen LogP contribution in [0.4, 0.5) is 0 Å². The van der Waals surface area contributed by atoms with Crippen LogP contribution in [0.25, 0.3) is 5.57 Å². The van der Waals surface area contributed by atoms with Crippen LogP contribution >= 0.6 is 11.6 Å². The van der Waals surface area contributed by atoms with E-state index in [1.165, 1.54) is 0 Å². The molecular weight excluding hydrogens is 378 g/mol. The second-order valence-electron chi connectivity index (χ2n) is 6.60. The SMILES string of the molecule is CCN1CC/C(=C(\c2ccc([S+](C)OC)cc2)c2ccc(C)c(Cl)c2)C1=O. The third-order valence-corrected chi connectivity index (χ3v) is 6.89. The second-order valence-corrected chi connectivity index (χ2v) is 8.72. The quantitative estimate of drug-likeness (QED) is 0.527. The van der Waals surface area contributed by atoms with Crippen LogP contribution < -0.4 is 0 Å². The minimum absolute atomic E-state index is 0.125. The van der Waals surface area contributed by atoms with Gasteiger partial charge in [0.1, 0.15) is 6.26 Å². The maximum atomic E-state index is 12.9. The first kappa shape index (κ1) is 20.0. The monoisotopic (exact) mass is 402 g/mol. The smallest absolute Gasteiger partial charge is 0.250 e. The molecule has 0 spiro atoms. The summed E-state index contributed by atoms with van der Waals surface area (Å²) in [5.41, 5.74) is 4.91. The number of carbonyl (C=O) groups is 1. The van der Waals surface area contributed by atoms with Gasteiger partial charge in [0.25, 0.3) is 0 Å². The van der Waals surface area contributed by atoms with E-state index in [-0.39, 0.29) is 17.1 Å². The molecule has 1 saturated heterocycles. The number of hydrogen-bond donors (Lipinski definition) is 0. The van der Waals surface area contributed by atoms with Gasteiger partial charge in [0, 0.05) is 23.7 Å². The molecule has 5 heteroatoms. The van der Waals surface area contributed by atoms with Crippen molar-refractivity contribution in [1.29, 1.82) is 0 Å². The van der Waals surface area contributed by atoms with Crippen molar-refractivity contribution in [3.05, 3.63) is 69.8 Å². The molecule has 0 radical (unpaired) electrons. The topological polar surface area (TPSA) is 29.5 Å². The number of nitrogens with zero attached hydrogens (tertiary/aromatic N) is 1. The molecule has 3 nitrogen and oxygen atoms in total. The summed E-state index contributed by atoms with van der Waals surface area (Å²) in [6.07, 6.45) is 2.80. The Bertz CT molecular complexity index is 876. The number of likely N-dealkylation sites (tertiary alicyclic amines) is 1. The first-order valence-electron chi connectivity index (χ1n) is 9.06. The highest BCUT2D eigenvalue weighted by Crippen LogP contribution is 2.34. The van der Waals surface area contributed by atoms with Gasteiger partial charge in [-0.05, 0) is 72.9 Å². The summed E-state index contributed by atoms with van der Waals surface area (Å²) in [5, 5.41) is 0.717. The highest BCUT2D eigenvalue weighted by Gasteiger charge is 2.29. The van der Waals surface area contributed by atoms with E-state index >= 15 is 0 Å². The van der Waals surface area contributed by atoms with E-state index in [1.807, 2.05) is 37.1 Å². The van der Waals surface area contributed by atoms with Gasteiger partial charge >= 0.3 is 0 Å². The maximum Gasteiger partial charge on any atom is 0.250 e. The fraction of sp³-hybridized carbons (Fsp3) is 0.318. The maximum absolute atomic E-state index is 12.9. The van der Waals surface area contributed by atoms with Crippen LogP contribution in [0, 0.1) is 6.92 Å². The van der Waals surface area contributed by atoms with Crippen LogP contribution in [0.15, 0.2) is 52.9 Å². The molecule has 1 aliphatic rings. The van der Waals surface area contributed by atoms with Crippen molar-refractivity contribution in [2.75, 3.05) is 26.5 Å². The summed E-state index contributed by atoms with van der Waals surface area (Å²) in [5.74, 6) is 0.125. The van der Waals surface area contributed by atoms with Gasteiger partial charge in [-0.3, -0.25) is 4.79 Å². The lowest BCUT2D eigenvalue weighted by Gasteiger charge is -2.15. The molecule has 0 aliphatic carbocycles. The van der Waals surface area contributed by atoms with Crippen LogP contribution in [0.3, 0.4) is 0 Å². The van der Waals surface area contributed by atoms with Gasteiger partial charge in [-0.1, -0.05) is 23.7 Å². The van der Waals surface area contributed by atoms with Crippen molar-refractivity contribution in [1.82, 2.24) is 4.90 Å². The molecule has 1 unspecified atom stereocenters. The van der Waals surface area contributed by atoms with E-state index in [1.54, 1.807) is 7.11 Å². The lowest BCUT2D eigenvalue weighted by Crippen LogP contribution is -2.24. The van der Waals surface area contributed by atoms with Gasteiger partial charge < -0.3 is 4.90 Å². The van der Waals surface area contributed by atoms with E-state index in [2.05, 4.69) is 30.3 Å². The molecule has 0 aromatic heterocycles. The van der Waals surface area contributed by atoms with Gasteiger partial charge in [0.15, 0.2) is 16.1 Å². The molecule has 1 amide bonds. The standard InChI is InChI=1S/C22H25ClNO2S/c1-5-24-13-12-19(22(24)25)21(17-7-6-15(2)20(23)14-17)16-8-10-18(11-9-16)27(4)26-3/h6-11,14H,5,12-13H2,1-4H3/q+1/b21-19-. The first-order valence-corrected chi connectivity index (χ1v) is 11.0. The zero-order valence-corrected chi connectivity index (χ0v) is 17.8. The number of amides is 1. The number of aryl methyl sites for hydroxylation is 1. The number of halogens is 1. The molecule has 0 N–H and O–H groups in total. The minimum Gasteiger partial charge on any atom is -0.339 e. The zero-order valence-electron chi connectivity index (χ0n) is 16.2. The average Bonchev–Trinajstić information content (AvgIpc) is 3.05. The summed E-state index contributed by atoms with van der Waals surface area (Å²) in [6.45, 7) is 5.51. The summed E-state index contributed by atoms with van der Waals surface area (Å²) in [4.78, 5) is 16.0. The summed E-state index contributed by atoms with van der Waals surface area (Å²) < 4.78 is 5.43. The summed E-state index contributed by atoms with van der Waals surface area (Å²) in [6, 6.07) is 14.3. The Hall–Kier alpha value is -1.75. The Balaban J connectivity index is 2.14. The van der Waals surface area contributed by atoms with Gasteiger partial charge in [-0.2, -0.15) is 4.18 Å². The Morgan fingerprint density at radius 1 is 1.19 bits per heavy atom. The van der Waals surface area contributed by atoms with Gasteiger partial charge in [0.2, 0.25) is 5.91 Å². The molecule has 1 aliphatic heterocycles. The molecular formula is C22H25ClNO2S+. The van der Waals surface area contributed by atoms with E-state index in [0.717, 1.165) is 57.3 Å². The summed E-state index contributed by atoms with van der Waals surface area (Å²) >= 11 is 6.16. The normalized spacial score (nSPS) is 17.4. The molecule has 1 heterocycles. The molecule has 3 rings (SSSR count). The highest BCUT2D eigenvalue weighted by atomic mass is 35.5. The number of hydrogen-bond acceptors (Lipinski definition) is 2. The van der Waals surface area contributed by atoms with Crippen LogP contribution in [-0.2, 0) is 20.2 Å². The van der Waals surface area contributed by atoms with Crippen LogP contribution in [0.5, 0.6) is 0 Å². The van der Waals surface area contributed by atoms with Crippen LogP contribution in [-0.4, -0.2) is 37.3 Å². The number of rotatable bonds is 5. The van der Waals surface area contributed by atoms with E-state index in [9.17, 15) is 4.79 Å². The lowest BCUT2D eigenvalue weighted by molar-refractivity contribution is -0.124. The molecule has 1 fully saturated rings. The predicted molar refractivity (Wildman–Crippen MR) is 114 cm³/mol. The molecule has 2 aromatic carbocycles. The Labute approximate surface area is 169 Å². The van der Waals surface area contributed by atoms with Crippen molar-refractivity contribution in [2.45, 2.75) is 25.2 Å². The van der Waals surface area contributed by atoms with Crippen molar-refractivity contribution in [3.8, 4) is 0 Å². The number of carbonyl (C=O) groups excluding carboxylic acids is 1. The minimum atomic E-state index is -0.242. The Morgan fingerprint density at radius 2 is 1.85 bits per heavy atom. The molecule has 1 atom stereocenters. The van der Waals surface area contributed by atoms with Gasteiger partial charge in [0.05, 0.1) is 7.11 Å². The molecule has 0 bridgehead atoms. The largest absolute Gasteiger partial charge is 0.339 e. The average molecular weight is 403 g/mol. The van der Waals surface area contributed by atoms with Crippen molar-refractivity contribution >= 4 is 34.3 Å². The molecule has 27 heavy (non-hydrogen) atoms. The fourth-order valence-corrected chi connectivity index (χ4v) is 4.25. The number of benzene rings is 2. The van der Waals surface area contributed by atoms with Gasteiger partial charge in [-0.15, -0.1) is 0 Å². The lowest BCUT2D eigenvalue weighted by atomic mass is 9.91. The van der Waals surface area contributed by atoms with Gasteiger partial charge in [-0.25, -0.2) is 0 Å². The van der Waals surface area contributed by atoms with Crippen molar-refractivity contribution in [3.63, 3.8) is 0 Å². The highest BCUT2D eigenvalue weighted by molar-refractivity contribution is 7.91. The second kappa shape index (κ2) is 8.51. The zero-order chi connectivity index (χ0) is 19.6. The third-order valence-electron chi connectivity index (χ3n) is 5.05. The number of likely N-dealkylation sites (N-methyl/N-ethyl adjacent to an activating group) is 1. The molecule has 2 aromatic rings. The Kier molecular flexibility index (Phi) is 6.30. The fourth-order valence-electron chi connectivity index (χ4n) is 3.35. The molecule has 0 saturated carbocycles. The third kappa shape index (κ3) is 4.08. The van der Waals surface area contributed by atoms with Crippen molar-refractivity contribution in [2.24, 2.45) is 0 Å². The predicted octanol–water partition coefficient (Wildman–Crippen LogP) is 4.87. The van der Waals surface area contributed by atoms with Crippen molar-refractivity contribution < 1.29 is 8.98 Å². The van der Waals surface area contributed by atoms with E-state index in [4.69, 9.17) is 15.8 Å².